The van der Waals surface area contributed by atoms with E-state index >= 15 is 0 Å². The maximum Gasteiger partial charge on any atom is 0.0855 e. The average Bonchev–Trinajstić information content (AvgIpc) is 2.02. The number of hydrogen-bond donors (Lipinski definition) is 0. The summed E-state index contributed by atoms with van der Waals surface area (Å²) >= 11 is 0. The predicted molar refractivity (Wildman–Crippen MR) is 51.5 cm³/mol. The smallest absolute Gasteiger partial charge is 0.0855 e. The van der Waals surface area contributed by atoms with Gasteiger partial charge in [-0.2, -0.15) is 0 Å². The first-order valence-corrected chi connectivity index (χ1v) is 4.42. The van der Waals surface area contributed by atoms with Crippen molar-refractivity contribution in [1.82, 2.24) is 0 Å². The Morgan fingerprint density at radius 3 is 2.75 bits per heavy atom. The van der Waals surface area contributed by atoms with Gasteiger partial charge in [0.2, 0.25) is 0 Å². The summed E-state index contributed by atoms with van der Waals surface area (Å²) in [5.74, 6) is 0. The van der Waals surface area contributed by atoms with Gasteiger partial charge < -0.3 is 4.74 Å². The lowest BCUT2D eigenvalue weighted by molar-refractivity contribution is 0.0207. The van der Waals surface area contributed by atoms with E-state index in [1.807, 2.05) is 6.20 Å². The molecule has 0 N–H and O–H groups in total. The van der Waals surface area contributed by atoms with Crippen molar-refractivity contribution in [2.24, 2.45) is 4.99 Å². The first-order chi connectivity index (χ1) is 5.58. The minimum absolute atomic E-state index is 0.0519. The normalized spacial score (nSPS) is 17.8. The minimum atomic E-state index is -0.0519. The molecule has 12 heavy (non-hydrogen) atoms. The van der Waals surface area contributed by atoms with Crippen molar-refractivity contribution in [3.05, 3.63) is 12.3 Å². The number of nitrogens with zero attached hydrogens (tertiary/aromatic N) is 1. The van der Waals surface area contributed by atoms with Crippen LogP contribution in [0.5, 0.6) is 0 Å². The summed E-state index contributed by atoms with van der Waals surface area (Å²) in [5.41, 5.74) is 1.11. The van der Waals surface area contributed by atoms with Gasteiger partial charge >= 0.3 is 0 Å². The first kappa shape index (κ1) is 9.46. The summed E-state index contributed by atoms with van der Waals surface area (Å²) in [6.07, 6.45) is 6.10. The second-order valence-corrected chi connectivity index (χ2v) is 4.02. The topological polar surface area (TPSA) is 21.6 Å². The number of ether oxygens (including phenoxy) is 1. The van der Waals surface area contributed by atoms with Gasteiger partial charge in [0.1, 0.15) is 0 Å². The van der Waals surface area contributed by atoms with Gasteiger partial charge in [-0.1, -0.05) is 6.08 Å². The zero-order valence-corrected chi connectivity index (χ0v) is 8.13. The molecule has 1 aliphatic rings. The SMILES string of the molecule is CC(C)(C)OCC1=NC=CCC1. The Balaban J connectivity index is 2.32. The van der Waals surface area contributed by atoms with E-state index in [1.165, 1.54) is 0 Å². The molecule has 0 aromatic carbocycles. The van der Waals surface area contributed by atoms with Gasteiger partial charge in [-0.3, -0.25) is 4.99 Å². The second kappa shape index (κ2) is 3.85. The summed E-state index contributed by atoms with van der Waals surface area (Å²) in [6.45, 7) is 6.86. The van der Waals surface area contributed by atoms with Gasteiger partial charge in [0.05, 0.1) is 12.2 Å². The van der Waals surface area contributed by atoms with Crippen molar-refractivity contribution in [1.29, 1.82) is 0 Å². The maximum absolute atomic E-state index is 5.60. The number of hydrogen-bond acceptors (Lipinski definition) is 2. The fourth-order valence-electron chi connectivity index (χ4n) is 0.956. The Bertz CT molecular complexity index is 198. The van der Waals surface area contributed by atoms with Crippen LogP contribution in [0.3, 0.4) is 0 Å². The van der Waals surface area contributed by atoms with E-state index in [-0.39, 0.29) is 5.60 Å². The highest BCUT2D eigenvalue weighted by atomic mass is 16.5. The van der Waals surface area contributed by atoms with Gasteiger partial charge in [-0.15, -0.1) is 0 Å². The zero-order chi connectivity index (χ0) is 9.03. The van der Waals surface area contributed by atoms with Crippen LogP contribution < -0.4 is 0 Å². The molecule has 0 bridgehead atoms. The van der Waals surface area contributed by atoms with E-state index in [0.717, 1.165) is 18.6 Å². The molecule has 0 unspecified atom stereocenters. The summed E-state index contributed by atoms with van der Waals surface area (Å²) in [6, 6.07) is 0. The lowest BCUT2D eigenvalue weighted by Crippen LogP contribution is -2.23. The van der Waals surface area contributed by atoms with Crippen LogP contribution in [0.4, 0.5) is 0 Å². The lowest BCUT2D eigenvalue weighted by atomic mass is 10.1. The Labute approximate surface area is 74.3 Å². The van der Waals surface area contributed by atoms with Gasteiger partial charge in [-0.05, 0) is 33.6 Å². The summed E-state index contributed by atoms with van der Waals surface area (Å²) in [7, 11) is 0. The molecule has 1 aliphatic heterocycles. The van der Waals surface area contributed by atoms with Gasteiger partial charge in [0.15, 0.2) is 0 Å². The molecule has 0 aromatic heterocycles. The predicted octanol–water partition coefficient (Wildman–Crippen LogP) is 2.55. The van der Waals surface area contributed by atoms with Crippen molar-refractivity contribution in [2.75, 3.05) is 6.61 Å². The molecule has 0 amide bonds. The Morgan fingerprint density at radius 1 is 1.50 bits per heavy atom. The lowest BCUT2D eigenvalue weighted by Gasteiger charge is -2.20. The molecule has 0 radical (unpaired) electrons. The highest BCUT2D eigenvalue weighted by Crippen LogP contribution is 2.09. The van der Waals surface area contributed by atoms with Crippen molar-refractivity contribution < 1.29 is 4.74 Å². The molecule has 2 heteroatoms. The van der Waals surface area contributed by atoms with Crippen molar-refractivity contribution in [3.63, 3.8) is 0 Å². The molecular formula is C10H17NO. The fraction of sp³-hybridized carbons (Fsp3) is 0.700. The molecule has 0 atom stereocenters. The first-order valence-electron chi connectivity index (χ1n) is 4.42. The molecular weight excluding hydrogens is 150 g/mol. The molecule has 1 heterocycles. The van der Waals surface area contributed by atoms with Crippen LogP contribution in [0, 0.1) is 0 Å². The highest BCUT2D eigenvalue weighted by molar-refractivity contribution is 5.86. The van der Waals surface area contributed by atoms with Crippen LogP contribution in [0.25, 0.3) is 0 Å². The maximum atomic E-state index is 5.60. The molecule has 0 fully saturated rings. The van der Waals surface area contributed by atoms with E-state index < -0.39 is 0 Å². The van der Waals surface area contributed by atoms with E-state index in [2.05, 4.69) is 31.8 Å². The molecule has 0 aliphatic carbocycles. The number of aliphatic imine (C=N–C) groups is 1. The third-order valence-corrected chi connectivity index (χ3v) is 1.63. The van der Waals surface area contributed by atoms with Crippen molar-refractivity contribution >= 4 is 5.71 Å². The zero-order valence-electron chi connectivity index (χ0n) is 8.13. The molecule has 0 spiro atoms. The third kappa shape index (κ3) is 3.67. The van der Waals surface area contributed by atoms with Gasteiger partial charge in [-0.25, -0.2) is 0 Å². The molecule has 1 rings (SSSR count). The quantitative estimate of drug-likeness (QED) is 0.619. The van der Waals surface area contributed by atoms with Crippen LogP contribution in [0.2, 0.25) is 0 Å². The van der Waals surface area contributed by atoms with Crippen LogP contribution in [-0.2, 0) is 4.74 Å². The van der Waals surface area contributed by atoms with Crippen molar-refractivity contribution in [3.8, 4) is 0 Å². The van der Waals surface area contributed by atoms with E-state index in [1.54, 1.807) is 0 Å². The van der Waals surface area contributed by atoms with E-state index in [4.69, 9.17) is 4.74 Å². The molecule has 68 valence electrons. The van der Waals surface area contributed by atoms with Crippen molar-refractivity contribution in [2.45, 2.75) is 39.2 Å². The monoisotopic (exact) mass is 167 g/mol. The molecule has 0 saturated carbocycles. The molecule has 0 aromatic rings. The average molecular weight is 167 g/mol. The van der Waals surface area contributed by atoms with Gasteiger partial charge in [0.25, 0.3) is 0 Å². The molecule has 0 saturated heterocycles. The minimum Gasteiger partial charge on any atom is -0.370 e. The second-order valence-electron chi connectivity index (χ2n) is 4.02. The Kier molecular flexibility index (Phi) is 3.04. The van der Waals surface area contributed by atoms with Crippen LogP contribution in [0.15, 0.2) is 17.3 Å². The Morgan fingerprint density at radius 2 is 2.25 bits per heavy atom. The largest absolute Gasteiger partial charge is 0.370 e. The Hall–Kier alpha value is -0.630. The highest BCUT2D eigenvalue weighted by Gasteiger charge is 2.11. The third-order valence-electron chi connectivity index (χ3n) is 1.63. The summed E-state index contributed by atoms with van der Waals surface area (Å²) in [5, 5.41) is 0. The van der Waals surface area contributed by atoms with Crippen LogP contribution >= 0.6 is 0 Å². The van der Waals surface area contributed by atoms with Crippen LogP contribution in [0.1, 0.15) is 33.6 Å². The molecule has 2 nitrogen and oxygen atoms in total. The van der Waals surface area contributed by atoms with Crippen LogP contribution in [-0.4, -0.2) is 17.9 Å². The van der Waals surface area contributed by atoms with E-state index in [9.17, 15) is 0 Å². The fourth-order valence-corrected chi connectivity index (χ4v) is 0.956. The summed E-state index contributed by atoms with van der Waals surface area (Å²) in [4.78, 5) is 4.24. The number of allylic oxidation sites excluding steroid dienone is 1. The summed E-state index contributed by atoms with van der Waals surface area (Å²) < 4.78 is 5.60. The standard InChI is InChI=1S/C10H17NO/c1-10(2,3)12-8-9-6-4-5-7-11-9/h5,7H,4,6,8H2,1-3H3. The number of rotatable bonds is 2. The van der Waals surface area contributed by atoms with E-state index in [0.29, 0.717) is 6.61 Å². The van der Waals surface area contributed by atoms with Gasteiger partial charge in [0, 0.05) is 11.9 Å².